The van der Waals surface area contributed by atoms with Gasteiger partial charge in [-0.15, -0.1) is 10.2 Å². The number of thioether (sulfide) groups is 1. The molecule has 0 aliphatic rings. The van der Waals surface area contributed by atoms with E-state index in [2.05, 4.69) is 15.5 Å². The number of carbonyl (C=O) groups excluding carboxylic acids is 1. The fourth-order valence-corrected chi connectivity index (χ4v) is 3.48. The lowest BCUT2D eigenvalue weighted by atomic mass is 10.2. The maximum atomic E-state index is 12.2. The van der Waals surface area contributed by atoms with E-state index >= 15 is 0 Å². The molecule has 0 radical (unpaired) electrons. The number of hydrogen-bond donors (Lipinski definition) is 1. The molecule has 3 aromatic rings. The number of rotatable bonds is 9. The van der Waals surface area contributed by atoms with Crippen molar-refractivity contribution in [1.29, 1.82) is 0 Å². The van der Waals surface area contributed by atoms with Crippen LogP contribution in [-0.2, 0) is 4.79 Å². The number of amides is 1. The van der Waals surface area contributed by atoms with E-state index in [0.717, 1.165) is 11.8 Å². The molecule has 0 spiro atoms. The van der Waals surface area contributed by atoms with Crippen molar-refractivity contribution in [2.75, 3.05) is 39.5 Å². The highest BCUT2D eigenvalue weighted by atomic mass is 35.5. The summed E-state index contributed by atoms with van der Waals surface area (Å²) in [6.45, 7) is 0. The topological polar surface area (TPSA) is 105 Å². The van der Waals surface area contributed by atoms with Crippen LogP contribution < -0.4 is 24.3 Å². The van der Waals surface area contributed by atoms with Crippen molar-refractivity contribution >= 4 is 35.0 Å². The predicted molar refractivity (Wildman–Crippen MR) is 117 cm³/mol. The molecule has 3 rings (SSSR count). The second-order valence-corrected chi connectivity index (χ2v) is 7.31. The van der Waals surface area contributed by atoms with Crippen LogP contribution >= 0.6 is 23.4 Å². The first-order valence-corrected chi connectivity index (χ1v) is 10.3. The van der Waals surface area contributed by atoms with Gasteiger partial charge in [-0.3, -0.25) is 4.79 Å². The van der Waals surface area contributed by atoms with Gasteiger partial charge in [-0.05, 0) is 30.3 Å². The van der Waals surface area contributed by atoms with E-state index in [1.807, 2.05) is 0 Å². The van der Waals surface area contributed by atoms with Crippen molar-refractivity contribution in [2.45, 2.75) is 5.22 Å². The number of halogens is 1. The summed E-state index contributed by atoms with van der Waals surface area (Å²) in [6, 6.07) is 8.38. The largest absolute Gasteiger partial charge is 0.495 e. The molecule has 1 amide bonds. The van der Waals surface area contributed by atoms with Gasteiger partial charge in [-0.25, -0.2) is 0 Å². The molecule has 0 saturated heterocycles. The third-order valence-electron chi connectivity index (χ3n) is 4.08. The van der Waals surface area contributed by atoms with Crippen molar-refractivity contribution in [1.82, 2.24) is 10.2 Å². The smallest absolute Gasteiger partial charge is 0.277 e. The third-order valence-corrected chi connectivity index (χ3v) is 5.19. The van der Waals surface area contributed by atoms with Crippen molar-refractivity contribution in [2.24, 2.45) is 0 Å². The molecule has 0 bridgehead atoms. The molecule has 0 atom stereocenters. The summed E-state index contributed by atoms with van der Waals surface area (Å²) in [6.07, 6.45) is 0. The molecule has 9 nitrogen and oxygen atoms in total. The van der Waals surface area contributed by atoms with Crippen molar-refractivity contribution in [3.63, 3.8) is 0 Å². The zero-order chi connectivity index (χ0) is 22.4. The van der Waals surface area contributed by atoms with Crippen LogP contribution in [0.25, 0.3) is 11.5 Å². The number of hydrogen-bond acceptors (Lipinski definition) is 9. The molecule has 31 heavy (non-hydrogen) atoms. The molecular formula is C20H20ClN3O6S. The van der Waals surface area contributed by atoms with E-state index in [4.69, 9.17) is 35.0 Å². The molecule has 164 valence electrons. The summed E-state index contributed by atoms with van der Waals surface area (Å²) >= 11 is 7.17. The van der Waals surface area contributed by atoms with Crippen LogP contribution in [0.4, 0.5) is 5.69 Å². The number of carbonyl (C=O) groups is 1. The molecular weight excluding hydrogens is 446 g/mol. The number of nitrogens with zero attached hydrogens (tertiary/aromatic N) is 2. The van der Waals surface area contributed by atoms with Gasteiger partial charge in [0, 0.05) is 11.3 Å². The number of benzene rings is 2. The zero-order valence-corrected chi connectivity index (χ0v) is 18.8. The number of nitrogens with one attached hydrogen (secondary N) is 1. The Morgan fingerprint density at radius 2 is 1.68 bits per heavy atom. The van der Waals surface area contributed by atoms with Crippen LogP contribution in [0.15, 0.2) is 40.0 Å². The lowest BCUT2D eigenvalue weighted by Gasteiger charge is -2.12. The number of ether oxygens (including phenoxy) is 4. The molecule has 1 N–H and O–H groups in total. The molecule has 0 saturated carbocycles. The van der Waals surface area contributed by atoms with Gasteiger partial charge in [0.25, 0.3) is 5.22 Å². The van der Waals surface area contributed by atoms with E-state index in [1.165, 1.54) is 28.4 Å². The number of aromatic nitrogens is 2. The predicted octanol–water partition coefficient (Wildman–Crippen LogP) is 4.16. The van der Waals surface area contributed by atoms with Gasteiger partial charge in [0.05, 0.1) is 39.2 Å². The van der Waals surface area contributed by atoms with Crippen LogP contribution in [0, 0.1) is 0 Å². The van der Waals surface area contributed by atoms with E-state index in [9.17, 15) is 4.79 Å². The summed E-state index contributed by atoms with van der Waals surface area (Å²) in [5.74, 6) is 1.98. The van der Waals surface area contributed by atoms with Crippen LogP contribution in [0.5, 0.6) is 23.0 Å². The minimum absolute atomic E-state index is 0.0700. The van der Waals surface area contributed by atoms with E-state index in [1.54, 1.807) is 30.3 Å². The molecule has 11 heteroatoms. The molecule has 0 aliphatic carbocycles. The van der Waals surface area contributed by atoms with E-state index < -0.39 is 0 Å². The lowest BCUT2D eigenvalue weighted by Crippen LogP contribution is -2.14. The number of methoxy groups -OCH3 is 4. The number of anilines is 1. The van der Waals surface area contributed by atoms with Gasteiger partial charge < -0.3 is 28.7 Å². The Balaban J connectivity index is 1.66. The quantitative estimate of drug-likeness (QED) is 0.466. The van der Waals surface area contributed by atoms with Crippen molar-refractivity contribution in [3.05, 3.63) is 35.4 Å². The highest BCUT2D eigenvalue weighted by Crippen LogP contribution is 2.41. The Labute approximate surface area is 188 Å². The van der Waals surface area contributed by atoms with Crippen molar-refractivity contribution in [3.8, 4) is 34.5 Å². The zero-order valence-electron chi connectivity index (χ0n) is 17.2. The Hall–Kier alpha value is -3.11. The molecule has 2 aromatic carbocycles. The highest BCUT2D eigenvalue weighted by molar-refractivity contribution is 7.99. The fourth-order valence-electron chi connectivity index (χ4n) is 2.66. The molecule has 1 aromatic heterocycles. The summed E-state index contributed by atoms with van der Waals surface area (Å²) in [7, 11) is 6.08. The third kappa shape index (κ3) is 5.33. The summed E-state index contributed by atoms with van der Waals surface area (Å²) in [4.78, 5) is 12.2. The molecule has 0 fully saturated rings. The minimum Gasteiger partial charge on any atom is -0.495 e. The Bertz CT molecular complexity index is 1050. The monoisotopic (exact) mass is 465 g/mol. The van der Waals surface area contributed by atoms with Gasteiger partial charge >= 0.3 is 0 Å². The van der Waals surface area contributed by atoms with Gasteiger partial charge in [-0.1, -0.05) is 23.4 Å². The maximum Gasteiger partial charge on any atom is 0.277 e. The average Bonchev–Trinajstić information content (AvgIpc) is 3.26. The first kappa shape index (κ1) is 22.6. The SMILES string of the molecule is COc1ccc(NC(=O)CSc2nnc(-c3cc(OC)c(OC)c(OC)c3)o2)cc1Cl. The molecule has 1 heterocycles. The van der Waals surface area contributed by atoms with E-state index in [0.29, 0.717) is 39.3 Å². The van der Waals surface area contributed by atoms with Gasteiger partial charge in [-0.2, -0.15) is 0 Å². The Morgan fingerprint density at radius 1 is 1.00 bits per heavy atom. The van der Waals surface area contributed by atoms with Crippen LogP contribution in [0.1, 0.15) is 0 Å². The maximum absolute atomic E-state index is 12.2. The Kier molecular flexibility index (Phi) is 7.48. The van der Waals surface area contributed by atoms with Crippen LogP contribution in [0.3, 0.4) is 0 Å². The van der Waals surface area contributed by atoms with Gasteiger partial charge in [0.15, 0.2) is 11.5 Å². The molecule has 0 unspecified atom stereocenters. The first-order chi connectivity index (χ1) is 15.0. The fraction of sp³-hybridized carbons (Fsp3) is 0.250. The van der Waals surface area contributed by atoms with Crippen LogP contribution in [0.2, 0.25) is 5.02 Å². The lowest BCUT2D eigenvalue weighted by molar-refractivity contribution is -0.113. The Morgan fingerprint density at radius 3 is 2.26 bits per heavy atom. The normalized spacial score (nSPS) is 10.5. The van der Waals surface area contributed by atoms with Crippen LogP contribution in [-0.4, -0.2) is 50.3 Å². The summed E-state index contributed by atoms with van der Waals surface area (Å²) in [5.41, 5.74) is 1.14. The average molecular weight is 466 g/mol. The minimum atomic E-state index is -0.251. The summed E-state index contributed by atoms with van der Waals surface area (Å²) in [5, 5.41) is 11.4. The molecule has 0 aliphatic heterocycles. The second-order valence-electron chi connectivity index (χ2n) is 5.97. The second kappa shape index (κ2) is 10.3. The van der Waals surface area contributed by atoms with Gasteiger partial charge in [0.1, 0.15) is 5.75 Å². The van der Waals surface area contributed by atoms with Gasteiger partial charge in [0.2, 0.25) is 17.5 Å². The summed E-state index contributed by atoms with van der Waals surface area (Å²) < 4.78 is 26.7. The van der Waals surface area contributed by atoms with Crippen molar-refractivity contribution < 1.29 is 28.2 Å². The first-order valence-electron chi connectivity index (χ1n) is 8.89. The highest BCUT2D eigenvalue weighted by Gasteiger charge is 2.18. The van der Waals surface area contributed by atoms with E-state index in [-0.39, 0.29) is 22.8 Å². The standard InChI is InChI=1S/C20H20ClN3O6S/c1-26-14-6-5-12(9-13(14)21)22-17(25)10-31-20-24-23-19(30-20)11-7-15(27-2)18(29-4)16(8-11)28-3/h5-9H,10H2,1-4H3,(H,22,25).